The Balaban J connectivity index is 0.00000196. The van der Waals surface area contributed by atoms with E-state index in [1.807, 2.05) is 6.07 Å². The van der Waals surface area contributed by atoms with Gasteiger partial charge in [-0.3, -0.25) is 4.98 Å². The number of hydrogen-bond donors (Lipinski definition) is 2. The monoisotopic (exact) mass is 380 g/mol. The van der Waals surface area contributed by atoms with Gasteiger partial charge in [0.05, 0.1) is 30.3 Å². The lowest BCUT2D eigenvalue weighted by Crippen LogP contribution is -2.37. The lowest BCUT2D eigenvalue weighted by Gasteiger charge is -2.30. The minimum Gasteiger partial charge on any atom is -0.506 e. The second kappa shape index (κ2) is 8.24. The first-order chi connectivity index (χ1) is 12.2. The Labute approximate surface area is 158 Å². The van der Waals surface area contributed by atoms with Crippen LogP contribution in [-0.2, 0) is 4.74 Å². The van der Waals surface area contributed by atoms with Crippen molar-refractivity contribution < 1.29 is 14.6 Å². The first kappa shape index (κ1) is 18.9. The topological polar surface area (TPSA) is 93.7 Å². The van der Waals surface area contributed by atoms with E-state index in [2.05, 4.69) is 9.88 Å². The van der Waals surface area contributed by atoms with Crippen molar-refractivity contribution in [3.8, 4) is 11.6 Å². The SMILES string of the molecule is Cl.NC1CCC(Oc2nc(N3CCOCC3)cc3ncc(O)cc23)CC1. The highest BCUT2D eigenvalue weighted by Crippen LogP contribution is 2.32. The molecule has 2 fully saturated rings. The third-order valence-corrected chi connectivity index (χ3v) is 4.95. The Bertz CT molecular complexity index is 747. The van der Waals surface area contributed by atoms with Gasteiger partial charge in [0.2, 0.25) is 5.88 Å². The van der Waals surface area contributed by atoms with Crippen molar-refractivity contribution in [2.45, 2.75) is 37.8 Å². The highest BCUT2D eigenvalue weighted by molar-refractivity contribution is 5.87. The molecular weight excluding hydrogens is 356 g/mol. The number of morpholine rings is 1. The largest absolute Gasteiger partial charge is 0.506 e. The van der Waals surface area contributed by atoms with Crippen LogP contribution in [0.1, 0.15) is 25.7 Å². The normalized spacial score (nSPS) is 23.5. The van der Waals surface area contributed by atoms with E-state index in [0.717, 1.165) is 55.5 Å². The van der Waals surface area contributed by atoms with Crippen LogP contribution in [0.4, 0.5) is 5.82 Å². The van der Waals surface area contributed by atoms with E-state index < -0.39 is 0 Å². The van der Waals surface area contributed by atoms with Crippen molar-refractivity contribution in [3.05, 3.63) is 18.3 Å². The third-order valence-electron chi connectivity index (χ3n) is 4.95. The standard InChI is InChI=1S/C18H24N4O3.ClH/c19-12-1-3-14(4-2-12)25-18-15-9-13(23)11-20-16(15)10-17(21-18)22-5-7-24-8-6-22;/h9-12,14,23H,1-8,19H2;1H. The zero-order valence-electron chi connectivity index (χ0n) is 14.6. The van der Waals surface area contributed by atoms with E-state index >= 15 is 0 Å². The number of aromatic nitrogens is 2. The molecule has 142 valence electrons. The van der Waals surface area contributed by atoms with Crippen molar-refractivity contribution in [1.29, 1.82) is 0 Å². The van der Waals surface area contributed by atoms with Gasteiger partial charge in [0, 0.05) is 25.2 Å². The summed E-state index contributed by atoms with van der Waals surface area (Å²) in [6.07, 6.45) is 5.36. The molecule has 1 aliphatic heterocycles. The maximum Gasteiger partial charge on any atom is 0.225 e. The molecule has 4 rings (SSSR count). The van der Waals surface area contributed by atoms with Gasteiger partial charge in [-0.05, 0) is 31.7 Å². The fourth-order valence-electron chi connectivity index (χ4n) is 3.48. The summed E-state index contributed by atoms with van der Waals surface area (Å²) in [7, 11) is 0. The summed E-state index contributed by atoms with van der Waals surface area (Å²) in [5.41, 5.74) is 6.76. The van der Waals surface area contributed by atoms with E-state index in [4.69, 9.17) is 20.2 Å². The van der Waals surface area contributed by atoms with Crippen LogP contribution in [0.3, 0.4) is 0 Å². The molecule has 3 heterocycles. The minimum absolute atomic E-state index is 0. The Morgan fingerprint density at radius 3 is 2.62 bits per heavy atom. The highest BCUT2D eigenvalue weighted by Gasteiger charge is 2.23. The van der Waals surface area contributed by atoms with Gasteiger partial charge in [-0.15, -0.1) is 12.4 Å². The summed E-state index contributed by atoms with van der Waals surface area (Å²) in [6.45, 7) is 2.99. The predicted octanol–water partition coefficient (Wildman–Crippen LogP) is 2.24. The molecule has 1 saturated heterocycles. The van der Waals surface area contributed by atoms with E-state index in [0.29, 0.717) is 19.1 Å². The van der Waals surface area contributed by atoms with Crippen molar-refractivity contribution in [2.24, 2.45) is 5.73 Å². The number of fused-ring (bicyclic) bond motifs is 1. The lowest BCUT2D eigenvalue weighted by molar-refractivity contribution is 0.122. The zero-order valence-corrected chi connectivity index (χ0v) is 15.5. The molecule has 0 atom stereocenters. The van der Waals surface area contributed by atoms with E-state index in [9.17, 15) is 5.11 Å². The molecular formula is C18H25ClN4O3. The van der Waals surface area contributed by atoms with Crippen LogP contribution >= 0.6 is 12.4 Å². The van der Waals surface area contributed by atoms with Crippen molar-refractivity contribution in [1.82, 2.24) is 9.97 Å². The van der Waals surface area contributed by atoms with E-state index in [1.165, 1.54) is 6.20 Å². The van der Waals surface area contributed by atoms with Crippen LogP contribution in [-0.4, -0.2) is 53.5 Å². The maximum absolute atomic E-state index is 9.82. The Kier molecular flexibility index (Phi) is 6.01. The molecule has 1 aliphatic carbocycles. The molecule has 0 unspecified atom stereocenters. The lowest BCUT2D eigenvalue weighted by atomic mass is 9.94. The van der Waals surface area contributed by atoms with Gasteiger partial charge in [-0.25, -0.2) is 0 Å². The Morgan fingerprint density at radius 1 is 1.15 bits per heavy atom. The van der Waals surface area contributed by atoms with Gasteiger partial charge in [-0.2, -0.15) is 4.98 Å². The number of pyridine rings is 2. The number of hydrogen-bond acceptors (Lipinski definition) is 7. The first-order valence-corrected chi connectivity index (χ1v) is 8.94. The number of nitrogens with zero attached hydrogens (tertiary/aromatic N) is 3. The van der Waals surface area contributed by atoms with Gasteiger partial charge in [-0.1, -0.05) is 0 Å². The average Bonchev–Trinajstić information content (AvgIpc) is 2.64. The van der Waals surface area contributed by atoms with Gasteiger partial charge in [0.1, 0.15) is 17.7 Å². The number of rotatable bonds is 3. The second-order valence-corrected chi connectivity index (χ2v) is 6.80. The summed E-state index contributed by atoms with van der Waals surface area (Å²) in [6, 6.07) is 3.89. The Morgan fingerprint density at radius 2 is 1.88 bits per heavy atom. The zero-order chi connectivity index (χ0) is 17.2. The van der Waals surface area contributed by atoms with Gasteiger partial charge in [0.25, 0.3) is 0 Å². The number of anilines is 1. The maximum atomic E-state index is 9.82. The van der Waals surface area contributed by atoms with Gasteiger partial charge < -0.3 is 25.2 Å². The highest BCUT2D eigenvalue weighted by atomic mass is 35.5. The first-order valence-electron chi connectivity index (χ1n) is 8.94. The van der Waals surface area contributed by atoms with Gasteiger partial charge >= 0.3 is 0 Å². The predicted molar refractivity (Wildman–Crippen MR) is 102 cm³/mol. The summed E-state index contributed by atoms with van der Waals surface area (Å²) in [5.74, 6) is 1.50. The molecule has 2 aromatic rings. The molecule has 0 radical (unpaired) electrons. The van der Waals surface area contributed by atoms with Crippen LogP contribution in [0, 0.1) is 0 Å². The molecule has 0 amide bonds. The van der Waals surface area contributed by atoms with Crippen molar-refractivity contribution in [3.63, 3.8) is 0 Å². The minimum atomic E-state index is 0. The molecule has 2 aliphatic rings. The molecule has 0 spiro atoms. The van der Waals surface area contributed by atoms with Crippen molar-refractivity contribution in [2.75, 3.05) is 31.2 Å². The summed E-state index contributed by atoms with van der Waals surface area (Å²) in [5, 5.41) is 10.6. The molecule has 0 aromatic carbocycles. The summed E-state index contributed by atoms with van der Waals surface area (Å²) >= 11 is 0. The van der Waals surface area contributed by atoms with E-state index in [1.54, 1.807) is 6.07 Å². The molecule has 8 heteroatoms. The van der Waals surface area contributed by atoms with Crippen LogP contribution in [0.15, 0.2) is 18.3 Å². The number of aromatic hydroxyl groups is 1. The molecule has 3 N–H and O–H groups in total. The molecule has 1 saturated carbocycles. The van der Waals surface area contributed by atoms with Crippen LogP contribution in [0.2, 0.25) is 0 Å². The number of nitrogens with two attached hydrogens (primary N) is 1. The fraction of sp³-hybridized carbons (Fsp3) is 0.556. The van der Waals surface area contributed by atoms with E-state index in [-0.39, 0.29) is 30.3 Å². The summed E-state index contributed by atoms with van der Waals surface area (Å²) in [4.78, 5) is 11.3. The molecule has 0 bridgehead atoms. The Hall–Kier alpha value is -1.83. The number of halogens is 1. The van der Waals surface area contributed by atoms with Crippen LogP contribution in [0.25, 0.3) is 10.9 Å². The quantitative estimate of drug-likeness (QED) is 0.843. The molecule has 26 heavy (non-hydrogen) atoms. The summed E-state index contributed by atoms with van der Waals surface area (Å²) < 4.78 is 11.7. The number of ether oxygens (including phenoxy) is 2. The smallest absolute Gasteiger partial charge is 0.225 e. The third kappa shape index (κ3) is 4.11. The van der Waals surface area contributed by atoms with Gasteiger partial charge in [0.15, 0.2) is 0 Å². The fourth-order valence-corrected chi connectivity index (χ4v) is 3.48. The molecule has 2 aromatic heterocycles. The average molecular weight is 381 g/mol. The van der Waals surface area contributed by atoms with Crippen molar-refractivity contribution >= 4 is 29.1 Å². The van der Waals surface area contributed by atoms with Crippen LogP contribution < -0.4 is 15.4 Å². The second-order valence-electron chi connectivity index (χ2n) is 6.80. The molecule has 7 nitrogen and oxygen atoms in total. The van der Waals surface area contributed by atoms with Crippen LogP contribution in [0.5, 0.6) is 11.6 Å².